The Bertz CT molecular complexity index is 571. The fourth-order valence-corrected chi connectivity index (χ4v) is 2.89. The van der Waals surface area contributed by atoms with Crippen molar-refractivity contribution in [2.45, 2.75) is 32.4 Å². The summed E-state index contributed by atoms with van der Waals surface area (Å²) in [4.78, 5) is 24.2. The zero-order valence-electron chi connectivity index (χ0n) is 13.0. The van der Waals surface area contributed by atoms with Gasteiger partial charge in [0.15, 0.2) is 0 Å². The number of benzene rings is 1. The van der Waals surface area contributed by atoms with E-state index in [1.165, 1.54) is 0 Å². The van der Waals surface area contributed by atoms with Crippen molar-refractivity contribution in [3.63, 3.8) is 0 Å². The molecule has 0 aliphatic carbocycles. The number of urea groups is 1. The summed E-state index contributed by atoms with van der Waals surface area (Å²) in [5.41, 5.74) is 1.98. The lowest BCUT2D eigenvalue weighted by molar-refractivity contribution is -0.150. The molecule has 5 nitrogen and oxygen atoms in total. The van der Waals surface area contributed by atoms with Gasteiger partial charge in [-0.3, -0.25) is 4.79 Å². The van der Waals surface area contributed by atoms with E-state index in [-0.39, 0.29) is 18.0 Å². The fourth-order valence-electron chi connectivity index (χ4n) is 2.89. The average Bonchev–Trinajstić information content (AvgIpc) is 2.47. The van der Waals surface area contributed by atoms with E-state index in [2.05, 4.69) is 17.2 Å². The van der Waals surface area contributed by atoms with Crippen LogP contribution in [0.5, 0.6) is 0 Å². The van der Waals surface area contributed by atoms with Gasteiger partial charge in [0.05, 0.1) is 12.6 Å². The van der Waals surface area contributed by atoms with Gasteiger partial charge in [-0.25, -0.2) is 4.79 Å². The van der Waals surface area contributed by atoms with Crippen LogP contribution in [-0.2, 0) is 16.0 Å². The Kier molecular flexibility index (Phi) is 5.20. The van der Waals surface area contributed by atoms with Crippen LogP contribution in [0.25, 0.3) is 0 Å². The van der Waals surface area contributed by atoms with Crippen LogP contribution in [0.15, 0.2) is 36.9 Å². The molecule has 1 fully saturated rings. The minimum Gasteiger partial charge on any atom is -0.466 e. The fraction of sp³-hybridized carbons (Fsp3) is 0.412. The monoisotopic (exact) mass is 302 g/mol. The van der Waals surface area contributed by atoms with Crippen molar-refractivity contribution in [3.8, 4) is 0 Å². The third kappa shape index (κ3) is 3.30. The molecule has 0 bridgehead atoms. The molecule has 5 heteroatoms. The van der Waals surface area contributed by atoms with Crippen LogP contribution in [0, 0.1) is 5.92 Å². The average molecular weight is 302 g/mol. The van der Waals surface area contributed by atoms with E-state index < -0.39 is 12.0 Å². The molecular weight excluding hydrogens is 280 g/mol. The van der Waals surface area contributed by atoms with E-state index in [1.54, 1.807) is 6.92 Å². The van der Waals surface area contributed by atoms with E-state index in [1.807, 2.05) is 37.3 Å². The molecule has 1 heterocycles. The molecule has 1 aromatic carbocycles. The van der Waals surface area contributed by atoms with Crippen LogP contribution in [0.2, 0.25) is 0 Å². The molecule has 22 heavy (non-hydrogen) atoms. The van der Waals surface area contributed by atoms with Gasteiger partial charge in [0.1, 0.15) is 5.92 Å². The first-order chi connectivity index (χ1) is 10.6. The Labute approximate surface area is 130 Å². The number of rotatable bonds is 5. The smallest absolute Gasteiger partial charge is 0.315 e. The van der Waals surface area contributed by atoms with E-state index in [4.69, 9.17) is 4.74 Å². The molecule has 1 aliphatic rings. The van der Waals surface area contributed by atoms with Crippen molar-refractivity contribution < 1.29 is 14.3 Å². The lowest BCUT2D eigenvalue weighted by Gasteiger charge is -2.37. The van der Waals surface area contributed by atoms with Gasteiger partial charge in [-0.05, 0) is 31.4 Å². The van der Waals surface area contributed by atoms with E-state index in [0.717, 1.165) is 11.1 Å². The third-order valence-electron chi connectivity index (χ3n) is 3.86. The lowest BCUT2D eigenvalue weighted by Crippen LogP contribution is -2.57. The normalized spacial score (nSPS) is 24.1. The first kappa shape index (κ1) is 16.1. The summed E-state index contributed by atoms with van der Waals surface area (Å²) < 4.78 is 5.19. The number of amides is 2. The van der Waals surface area contributed by atoms with Crippen molar-refractivity contribution in [2.24, 2.45) is 5.92 Å². The molecule has 0 aromatic heterocycles. The Hall–Kier alpha value is -2.30. The first-order valence-corrected chi connectivity index (χ1v) is 7.50. The van der Waals surface area contributed by atoms with Gasteiger partial charge in [-0.1, -0.05) is 30.3 Å². The molecule has 3 unspecified atom stereocenters. The molecule has 3 atom stereocenters. The lowest BCUT2D eigenvalue weighted by atomic mass is 9.83. The standard InChI is InChI=1S/C17H22N2O3/c1-4-8-12-9-6-7-10-13(12)15-14(16(20)22-5-2)11(3)18-17(21)19-15/h4,6-7,9-11,14-15H,1,5,8H2,2-3H3,(H2,18,19,21). The summed E-state index contributed by atoms with van der Waals surface area (Å²) in [5.74, 6) is -0.774. The summed E-state index contributed by atoms with van der Waals surface area (Å²) in [6, 6.07) is 6.79. The van der Waals surface area contributed by atoms with Gasteiger partial charge >= 0.3 is 12.0 Å². The molecule has 2 N–H and O–H groups in total. The highest BCUT2D eigenvalue weighted by Crippen LogP contribution is 2.31. The number of hydrogen-bond acceptors (Lipinski definition) is 3. The zero-order valence-corrected chi connectivity index (χ0v) is 13.0. The number of carbonyl (C=O) groups excluding carboxylic acids is 2. The second-order valence-corrected chi connectivity index (χ2v) is 5.35. The summed E-state index contributed by atoms with van der Waals surface area (Å²) in [5, 5.41) is 5.61. The number of ether oxygens (including phenoxy) is 1. The van der Waals surface area contributed by atoms with Crippen molar-refractivity contribution in [2.75, 3.05) is 6.61 Å². The molecule has 1 aliphatic heterocycles. The Morgan fingerprint density at radius 2 is 2.09 bits per heavy atom. The van der Waals surface area contributed by atoms with Crippen LogP contribution >= 0.6 is 0 Å². The van der Waals surface area contributed by atoms with Gasteiger partial charge < -0.3 is 15.4 Å². The predicted molar refractivity (Wildman–Crippen MR) is 84.3 cm³/mol. The Morgan fingerprint density at radius 1 is 1.36 bits per heavy atom. The Morgan fingerprint density at radius 3 is 2.77 bits per heavy atom. The number of nitrogens with one attached hydrogen (secondary N) is 2. The van der Waals surface area contributed by atoms with Crippen molar-refractivity contribution in [3.05, 3.63) is 48.0 Å². The highest BCUT2D eigenvalue weighted by atomic mass is 16.5. The van der Waals surface area contributed by atoms with Gasteiger partial charge in [0.25, 0.3) is 0 Å². The van der Waals surface area contributed by atoms with Gasteiger partial charge in [-0.15, -0.1) is 6.58 Å². The minimum atomic E-state index is -0.469. The Balaban J connectivity index is 2.41. The van der Waals surface area contributed by atoms with Gasteiger partial charge in [-0.2, -0.15) is 0 Å². The second-order valence-electron chi connectivity index (χ2n) is 5.35. The molecule has 1 saturated heterocycles. The number of hydrogen-bond donors (Lipinski definition) is 2. The molecule has 0 saturated carbocycles. The maximum absolute atomic E-state index is 12.3. The summed E-state index contributed by atoms with van der Waals surface area (Å²) in [7, 11) is 0. The molecule has 0 spiro atoms. The number of esters is 1. The van der Waals surface area contributed by atoms with E-state index >= 15 is 0 Å². The molecule has 1 aromatic rings. The van der Waals surface area contributed by atoms with Crippen LogP contribution in [0.3, 0.4) is 0 Å². The SMILES string of the molecule is C=CCc1ccccc1C1NC(=O)NC(C)C1C(=O)OCC. The van der Waals surface area contributed by atoms with Crippen LogP contribution in [-0.4, -0.2) is 24.6 Å². The highest BCUT2D eigenvalue weighted by molar-refractivity contribution is 5.82. The van der Waals surface area contributed by atoms with Crippen molar-refractivity contribution in [1.29, 1.82) is 0 Å². The van der Waals surface area contributed by atoms with Crippen LogP contribution in [0.4, 0.5) is 4.79 Å². The molecular formula is C17H22N2O3. The minimum absolute atomic E-state index is 0.272. The quantitative estimate of drug-likeness (QED) is 0.648. The predicted octanol–water partition coefficient (Wildman–Crippen LogP) is 2.34. The summed E-state index contributed by atoms with van der Waals surface area (Å²) in [6.45, 7) is 7.68. The molecule has 0 radical (unpaired) electrons. The number of allylic oxidation sites excluding steroid dienone is 1. The second kappa shape index (κ2) is 7.11. The molecule has 118 valence electrons. The van der Waals surface area contributed by atoms with E-state index in [0.29, 0.717) is 13.0 Å². The third-order valence-corrected chi connectivity index (χ3v) is 3.86. The van der Waals surface area contributed by atoms with Gasteiger partial charge in [0, 0.05) is 6.04 Å². The molecule has 2 amide bonds. The maximum Gasteiger partial charge on any atom is 0.315 e. The molecule has 2 rings (SSSR count). The van der Waals surface area contributed by atoms with Crippen LogP contribution < -0.4 is 10.6 Å². The zero-order chi connectivity index (χ0) is 16.1. The largest absolute Gasteiger partial charge is 0.466 e. The highest BCUT2D eigenvalue weighted by Gasteiger charge is 2.41. The number of carbonyl (C=O) groups is 2. The van der Waals surface area contributed by atoms with Crippen molar-refractivity contribution in [1.82, 2.24) is 10.6 Å². The topological polar surface area (TPSA) is 67.4 Å². The summed E-state index contributed by atoms with van der Waals surface area (Å²) in [6.07, 6.45) is 2.49. The maximum atomic E-state index is 12.3. The van der Waals surface area contributed by atoms with E-state index in [9.17, 15) is 9.59 Å². The van der Waals surface area contributed by atoms with Gasteiger partial charge in [0.2, 0.25) is 0 Å². The van der Waals surface area contributed by atoms with Crippen LogP contribution in [0.1, 0.15) is 31.0 Å². The first-order valence-electron chi connectivity index (χ1n) is 7.50. The summed E-state index contributed by atoms with van der Waals surface area (Å²) >= 11 is 0. The van der Waals surface area contributed by atoms with Crippen molar-refractivity contribution >= 4 is 12.0 Å².